The number of rotatable bonds is 9. The molecule has 1 rings (SSSR count). The van der Waals surface area contributed by atoms with Gasteiger partial charge in [-0.2, -0.15) is 0 Å². The van der Waals surface area contributed by atoms with Gasteiger partial charge in [0.2, 0.25) is 10.0 Å². The lowest BCUT2D eigenvalue weighted by atomic mass is 10.2. The molecule has 0 aliphatic carbocycles. The van der Waals surface area contributed by atoms with E-state index >= 15 is 0 Å². The summed E-state index contributed by atoms with van der Waals surface area (Å²) in [6, 6.07) is 4.82. The van der Waals surface area contributed by atoms with E-state index < -0.39 is 10.0 Å². The number of sulfonamides is 1. The summed E-state index contributed by atoms with van der Waals surface area (Å²) >= 11 is 0. The Morgan fingerprint density at radius 3 is 2.62 bits per heavy atom. The highest BCUT2D eigenvalue weighted by Gasteiger charge is 2.16. The van der Waals surface area contributed by atoms with Crippen molar-refractivity contribution in [3.63, 3.8) is 0 Å². The summed E-state index contributed by atoms with van der Waals surface area (Å²) in [5, 5.41) is 3.14. The zero-order chi connectivity index (χ0) is 15.9. The number of nitrogens with one attached hydrogen (secondary N) is 2. The van der Waals surface area contributed by atoms with Gasteiger partial charge in [0.1, 0.15) is 4.90 Å². The van der Waals surface area contributed by atoms with Gasteiger partial charge in [0.15, 0.2) is 0 Å². The number of ether oxygens (including phenoxy) is 1. The van der Waals surface area contributed by atoms with Gasteiger partial charge in [-0.1, -0.05) is 0 Å². The molecule has 0 saturated carbocycles. The predicted molar refractivity (Wildman–Crippen MR) is 85.9 cm³/mol. The molecule has 0 bridgehead atoms. The predicted octanol–water partition coefficient (Wildman–Crippen LogP) is 1.79. The Labute approximate surface area is 127 Å². The van der Waals surface area contributed by atoms with Crippen LogP contribution >= 0.6 is 0 Å². The molecular formula is C14H25N3O3S. The van der Waals surface area contributed by atoms with Crippen LogP contribution in [0, 0.1) is 0 Å². The van der Waals surface area contributed by atoms with Crippen molar-refractivity contribution in [3.8, 4) is 0 Å². The first kappa shape index (κ1) is 17.7. The molecule has 1 aromatic rings. The Kier molecular flexibility index (Phi) is 6.94. The molecule has 0 aliphatic heterocycles. The number of nitrogens with two attached hydrogens (primary N) is 1. The van der Waals surface area contributed by atoms with Crippen molar-refractivity contribution in [3.05, 3.63) is 18.2 Å². The summed E-state index contributed by atoms with van der Waals surface area (Å²) in [5.41, 5.74) is 6.64. The largest absolute Gasteiger partial charge is 0.399 e. The first-order valence-electron chi connectivity index (χ1n) is 7.05. The molecule has 0 unspecified atom stereocenters. The summed E-state index contributed by atoms with van der Waals surface area (Å²) in [6.45, 7) is 5.39. The summed E-state index contributed by atoms with van der Waals surface area (Å²) in [4.78, 5) is 0.170. The fourth-order valence-corrected chi connectivity index (χ4v) is 2.73. The smallest absolute Gasteiger partial charge is 0.242 e. The number of nitrogen functional groups attached to an aromatic ring is 1. The average Bonchev–Trinajstić information content (AvgIpc) is 2.43. The zero-order valence-electron chi connectivity index (χ0n) is 12.8. The molecule has 0 aliphatic rings. The van der Waals surface area contributed by atoms with Crippen LogP contribution in [0.25, 0.3) is 0 Å². The highest BCUT2D eigenvalue weighted by molar-refractivity contribution is 7.89. The van der Waals surface area contributed by atoms with Gasteiger partial charge in [-0.25, -0.2) is 13.1 Å². The number of anilines is 2. The molecule has 0 heterocycles. The van der Waals surface area contributed by atoms with Crippen molar-refractivity contribution < 1.29 is 13.2 Å². The van der Waals surface area contributed by atoms with Gasteiger partial charge in [0, 0.05) is 18.8 Å². The second-order valence-corrected chi connectivity index (χ2v) is 6.87. The van der Waals surface area contributed by atoms with E-state index in [1.54, 1.807) is 12.1 Å². The minimum Gasteiger partial charge on any atom is -0.399 e. The van der Waals surface area contributed by atoms with E-state index in [-0.39, 0.29) is 11.0 Å². The minimum atomic E-state index is -3.53. The molecule has 0 spiro atoms. The summed E-state index contributed by atoms with van der Waals surface area (Å²) in [7, 11) is -2.15. The van der Waals surface area contributed by atoms with E-state index in [0.717, 1.165) is 12.8 Å². The Morgan fingerprint density at radius 2 is 2.00 bits per heavy atom. The summed E-state index contributed by atoms with van der Waals surface area (Å²) in [5.74, 6) is 0. The maximum absolute atomic E-state index is 12.0. The van der Waals surface area contributed by atoms with E-state index in [1.165, 1.54) is 13.1 Å². The van der Waals surface area contributed by atoms with Crippen LogP contribution in [0.2, 0.25) is 0 Å². The molecule has 0 fully saturated rings. The molecule has 21 heavy (non-hydrogen) atoms. The van der Waals surface area contributed by atoms with Gasteiger partial charge >= 0.3 is 0 Å². The molecule has 1 aromatic carbocycles. The molecular weight excluding hydrogens is 290 g/mol. The van der Waals surface area contributed by atoms with Crippen molar-refractivity contribution in [2.75, 3.05) is 31.2 Å². The number of benzene rings is 1. The van der Waals surface area contributed by atoms with Crippen molar-refractivity contribution >= 4 is 21.4 Å². The van der Waals surface area contributed by atoms with E-state index in [2.05, 4.69) is 10.0 Å². The van der Waals surface area contributed by atoms with Crippen LogP contribution in [0.4, 0.5) is 11.4 Å². The second-order valence-electron chi connectivity index (χ2n) is 5.02. The minimum absolute atomic E-state index is 0.170. The SMILES string of the molecule is CNS(=O)(=O)c1cc(N)ccc1NCCCCOC(C)C. The highest BCUT2D eigenvalue weighted by Crippen LogP contribution is 2.23. The topological polar surface area (TPSA) is 93.5 Å². The van der Waals surface area contributed by atoms with Crippen LogP contribution in [0.3, 0.4) is 0 Å². The summed E-state index contributed by atoms with van der Waals surface area (Å²) < 4.78 is 31.7. The molecule has 0 radical (unpaired) electrons. The number of hydrogen-bond donors (Lipinski definition) is 3. The Bertz CT molecular complexity index is 544. The van der Waals surface area contributed by atoms with Gasteiger partial charge < -0.3 is 15.8 Å². The second kappa shape index (κ2) is 8.21. The van der Waals surface area contributed by atoms with Crippen LogP contribution in [0.5, 0.6) is 0 Å². The van der Waals surface area contributed by atoms with Gasteiger partial charge in [0.05, 0.1) is 11.8 Å². The Morgan fingerprint density at radius 1 is 1.29 bits per heavy atom. The van der Waals surface area contributed by atoms with Crippen LogP contribution < -0.4 is 15.8 Å². The maximum Gasteiger partial charge on any atom is 0.242 e. The molecule has 120 valence electrons. The van der Waals surface area contributed by atoms with Gasteiger partial charge in [-0.3, -0.25) is 0 Å². The third kappa shape index (κ3) is 5.91. The molecule has 6 nitrogen and oxygen atoms in total. The lowest BCUT2D eigenvalue weighted by molar-refractivity contribution is 0.0765. The first-order chi connectivity index (χ1) is 9.86. The van der Waals surface area contributed by atoms with Gasteiger partial charge in [-0.05, 0) is 51.9 Å². The molecule has 0 amide bonds. The molecule has 0 atom stereocenters. The van der Waals surface area contributed by atoms with Crippen molar-refractivity contribution in [1.82, 2.24) is 4.72 Å². The molecule has 0 saturated heterocycles. The van der Waals surface area contributed by atoms with E-state index in [1.807, 2.05) is 13.8 Å². The zero-order valence-corrected chi connectivity index (χ0v) is 13.7. The average molecular weight is 315 g/mol. The number of hydrogen-bond acceptors (Lipinski definition) is 5. The van der Waals surface area contributed by atoms with Gasteiger partial charge in [-0.15, -0.1) is 0 Å². The molecule has 7 heteroatoms. The lowest BCUT2D eigenvalue weighted by Crippen LogP contribution is -2.20. The Balaban J connectivity index is 2.59. The maximum atomic E-state index is 12.0. The van der Waals surface area contributed by atoms with Crippen LogP contribution in [0.15, 0.2) is 23.1 Å². The Hall–Kier alpha value is -1.31. The normalized spacial score (nSPS) is 11.8. The van der Waals surface area contributed by atoms with E-state index in [9.17, 15) is 8.42 Å². The lowest BCUT2D eigenvalue weighted by Gasteiger charge is -2.13. The van der Waals surface area contributed by atoms with E-state index in [4.69, 9.17) is 10.5 Å². The van der Waals surface area contributed by atoms with Crippen LogP contribution in [-0.4, -0.2) is 34.7 Å². The molecule has 4 N–H and O–H groups in total. The third-order valence-corrected chi connectivity index (χ3v) is 4.36. The third-order valence-electron chi connectivity index (χ3n) is 2.90. The van der Waals surface area contributed by atoms with Crippen LogP contribution in [0.1, 0.15) is 26.7 Å². The summed E-state index contributed by atoms with van der Waals surface area (Å²) in [6.07, 6.45) is 2.06. The highest BCUT2D eigenvalue weighted by atomic mass is 32.2. The fraction of sp³-hybridized carbons (Fsp3) is 0.571. The van der Waals surface area contributed by atoms with Crippen molar-refractivity contribution in [2.45, 2.75) is 37.7 Å². The molecule has 0 aromatic heterocycles. The van der Waals surface area contributed by atoms with Crippen molar-refractivity contribution in [1.29, 1.82) is 0 Å². The van der Waals surface area contributed by atoms with Gasteiger partial charge in [0.25, 0.3) is 0 Å². The standard InChI is InChI=1S/C14H25N3O3S/c1-11(2)20-9-5-4-8-17-13-7-6-12(15)10-14(13)21(18,19)16-3/h6-7,10-11,16-17H,4-5,8-9,15H2,1-3H3. The first-order valence-corrected chi connectivity index (χ1v) is 8.53. The van der Waals surface area contributed by atoms with E-state index in [0.29, 0.717) is 24.5 Å². The fourth-order valence-electron chi connectivity index (χ4n) is 1.79. The van der Waals surface area contributed by atoms with Crippen LogP contribution in [-0.2, 0) is 14.8 Å². The quantitative estimate of drug-likeness (QED) is 0.477. The van der Waals surface area contributed by atoms with Crippen molar-refractivity contribution in [2.24, 2.45) is 0 Å². The monoisotopic (exact) mass is 315 g/mol. The number of unbranched alkanes of at least 4 members (excludes halogenated alkanes) is 1.